The largest absolute Gasteiger partial charge is 0.454 e. The molecule has 43 heavy (non-hydrogen) atoms. The zero-order chi connectivity index (χ0) is 28.3. The molecule has 0 fully saturated rings. The molecule has 0 amide bonds. The Hall–Kier alpha value is -5.45. The molecule has 0 radical (unpaired) electrons. The third-order valence-corrected chi connectivity index (χ3v) is 9.37. The molecule has 0 saturated heterocycles. The quantitative estimate of drug-likeness (QED) is 0.211. The van der Waals surface area contributed by atoms with Crippen molar-refractivity contribution in [2.45, 2.75) is 0 Å². The molecule has 0 atom stereocenters. The van der Waals surface area contributed by atoms with E-state index in [1.165, 1.54) is 32.0 Å². The van der Waals surface area contributed by atoms with Gasteiger partial charge in [-0.3, -0.25) is 0 Å². The molecule has 0 N–H and O–H groups in total. The van der Waals surface area contributed by atoms with Crippen molar-refractivity contribution in [3.8, 4) is 11.1 Å². The molecule has 0 aliphatic carbocycles. The second kappa shape index (κ2) is 9.55. The Morgan fingerprint density at radius 1 is 0.535 bits per heavy atom. The van der Waals surface area contributed by atoms with Crippen LogP contribution in [0.25, 0.3) is 64.1 Å². The van der Waals surface area contributed by atoms with Gasteiger partial charge in [-0.25, -0.2) is 4.98 Å². The minimum Gasteiger partial charge on any atom is -0.454 e. The first-order valence-electron chi connectivity index (χ1n) is 14.4. The lowest BCUT2D eigenvalue weighted by Crippen LogP contribution is -2.10. The zero-order valence-corrected chi connectivity index (χ0v) is 23.9. The molecule has 3 heterocycles. The van der Waals surface area contributed by atoms with Crippen LogP contribution in [-0.4, -0.2) is 4.98 Å². The number of aromatic nitrogens is 1. The summed E-state index contributed by atoms with van der Waals surface area (Å²) in [5.41, 5.74) is 7.12. The molecule has 9 aromatic rings. The van der Waals surface area contributed by atoms with Crippen molar-refractivity contribution < 1.29 is 4.42 Å². The maximum Gasteiger partial charge on any atom is 0.159 e. The van der Waals surface area contributed by atoms with Crippen molar-refractivity contribution in [1.29, 1.82) is 0 Å². The lowest BCUT2D eigenvalue weighted by Gasteiger charge is -2.25. The highest BCUT2D eigenvalue weighted by Gasteiger charge is 2.21. The Bertz CT molecular complexity index is 2460. The summed E-state index contributed by atoms with van der Waals surface area (Å²) in [5, 5.41) is 7.09. The summed E-state index contributed by atoms with van der Waals surface area (Å²) < 4.78 is 7.78. The molecular weight excluding hydrogens is 545 g/mol. The van der Waals surface area contributed by atoms with Gasteiger partial charge in [-0.2, -0.15) is 0 Å². The van der Waals surface area contributed by atoms with Gasteiger partial charge < -0.3 is 9.32 Å². The van der Waals surface area contributed by atoms with E-state index in [0.29, 0.717) is 0 Å². The minimum absolute atomic E-state index is 0.858. The highest BCUT2D eigenvalue weighted by molar-refractivity contribution is 7.25. The van der Waals surface area contributed by atoms with E-state index in [-0.39, 0.29) is 0 Å². The Labute approximate surface area is 251 Å². The van der Waals surface area contributed by atoms with Crippen LogP contribution in [0.3, 0.4) is 0 Å². The van der Waals surface area contributed by atoms with Gasteiger partial charge in [0.25, 0.3) is 0 Å². The topological polar surface area (TPSA) is 29.3 Å². The van der Waals surface area contributed by atoms with Crippen LogP contribution in [0.4, 0.5) is 17.1 Å². The van der Waals surface area contributed by atoms with Gasteiger partial charge in [0, 0.05) is 31.9 Å². The van der Waals surface area contributed by atoms with E-state index in [1.807, 2.05) is 24.4 Å². The van der Waals surface area contributed by atoms with Gasteiger partial charge in [0.2, 0.25) is 0 Å². The SMILES string of the molecule is c1ccc(-c2ccc(N(c3cnc4sc5cc6ccccc6cc5c4c3)c3cccc4c3oc3ccccc34)cc2)cc1. The monoisotopic (exact) mass is 568 g/mol. The Morgan fingerprint density at radius 2 is 1.26 bits per heavy atom. The molecule has 3 aromatic heterocycles. The predicted octanol–water partition coefficient (Wildman–Crippen LogP) is 11.6. The summed E-state index contributed by atoms with van der Waals surface area (Å²) in [4.78, 5) is 8.33. The fourth-order valence-electron chi connectivity index (χ4n) is 6.23. The Balaban J connectivity index is 1.28. The number of anilines is 3. The standard InChI is InChI=1S/C39H24N2OS/c1-2-9-25(10-3-1)26-17-19-29(20-18-26)41(35-15-8-14-32-31-13-6-7-16-36(31)42-38(32)35)30-23-34-33-21-27-11-4-5-12-28(27)22-37(33)43-39(34)40-24-30/h1-24H. The number of furan rings is 1. The van der Waals surface area contributed by atoms with Crippen molar-refractivity contribution in [3.05, 3.63) is 146 Å². The average molecular weight is 569 g/mol. The highest BCUT2D eigenvalue weighted by Crippen LogP contribution is 2.44. The lowest BCUT2D eigenvalue weighted by atomic mass is 10.0. The molecule has 0 bridgehead atoms. The van der Waals surface area contributed by atoms with E-state index in [0.717, 1.165) is 49.2 Å². The number of fused-ring (bicyclic) bond motifs is 7. The van der Waals surface area contributed by atoms with E-state index >= 15 is 0 Å². The molecule has 0 saturated carbocycles. The molecule has 0 aliphatic rings. The first-order chi connectivity index (χ1) is 21.3. The molecule has 3 nitrogen and oxygen atoms in total. The van der Waals surface area contributed by atoms with Crippen molar-refractivity contribution >= 4 is 81.4 Å². The molecule has 0 aliphatic heterocycles. The van der Waals surface area contributed by atoms with Crippen molar-refractivity contribution in [1.82, 2.24) is 4.98 Å². The van der Waals surface area contributed by atoms with Gasteiger partial charge in [-0.1, -0.05) is 97.1 Å². The number of hydrogen-bond donors (Lipinski definition) is 0. The van der Waals surface area contributed by atoms with E-state index in [2.05, 4.69) is 126 Å². The summed E-state index contributed by atoms with van der Waals surface area (Å²) in [5.74, 6) is 0. The van der Waals surface area contributed by atoms with Gasteiger partial charge in [0.15, 0.2) is 5.58 Å². The summed E-state index contributed by atoms with van der Waals surface area (Å²) in [6, 6.07) is 49.3. The third-order valence-electron chi connectivity index (χ3n) is 8.30. The number of hydrogen-bond acceptors (Lipinski definition) is 4. The van der Waals surface area contributed by atoms with Crippen LogP contribution in [0.5, 0.6) is 0 Å². The van der Waals surface area contributed by atoms with Gasteiger partial charge in [0.05, 0.1) is 17.6 Å². The van der Waals surface area contributed by atoms with Crippen molar-refractivity contribution in [2.24, 2.45) is 0 Å². The van der Waals surface area contributed by atoms with Gasteiger partial charge in [-0.15, -0.1) is 11.3 Å². The number of pyridine rings is 1. The van der Waals surface area contributed by atoms with Gasteiger partial charge >= 0.3 is 0 Å². The molecule has 9 rings (SSSR count). The van der Waals surface area contributed by atoms with E-state index in [1.54, 1.807) is 11.3 Å². The number of thiophene rings is 1. The molecule has 6 aromatic carbocycles. The fraction of sp³-hybridized carbons (Fsp3) is 0. The van der Waals surface area contributed by atoms with Gasteiger partial charge in [0.1, 0.15) is 10.4 Å². The maximum absolute atomic E-state index is 6.53. The molecular formula is C39H24N2OS. The highest BCUT2D eigenvalue weighted by atomic mass is 32.1. The minimum atomic E-state index is 0.858. The van der Waals surface area contributed by atoms with Gasteiger partial charge in [-0.05, 0) is 64.4 Å². The molecule has 0 spiro atoms. The molecule has 0 unspecified atom stereocenters. The van der Waals surface area contributed by atoms with Crippen LogP contribution in [0.2, 0.25) is 0 Å². The Morgan fingerprint density at radius 3 is 2.12 bits per heavy atom. The van der Waals surface area contributed by atoms with Crippen LogP contribution in [0, 0.1) is 0 Å². The maximum atomic E-state index is 6.53. The van der Waals surface area contributed by atoms with Crippen LogP contribution in [0.1, 0.15) is 0 Å². The van der Waals surface area contributed by atoms with Crippen LogP contribution >= 0.6 is 11.3 Å². The molecule has 202 valence electrons. The average Bonchev–Trinajstić information content (AvgIpc) is 3.63. The molecule has 4 heteroatoms. The second-order valence-electron chi connectivity index (χ2n) is 10.8. The summed E-state index contributed by atoms with van der Waals surface area (Å²) >= 11 is 1.75. The summed E-state index contributed by atoms with van der Waals surface area (Å²) in [6.45, 7) is 0. The number of benzene rings is 6. The smallest absolute Gasteiger partial charge is 0.159 e. The first kappa shape index (κ1) is 24.2. The van der Waals surface area contributed by atoms with E-state index < -0.39 is 0 Å². The fourth-order valence-corrected chi connectivity index (χ4v) is 7.28. The Kier molecular flexibility index (Phi) is 5.37. The van der Waals surface area contributed by atoms with Crippen LogP contribution in [-0.2, 0) is 0 Å². The number of para-hydroxylation sites is 2. The summed E-state index contributed by atoms with van der Waals surface area (Å²) in [7, 11) is 0. The lowest BCUT2D eigenvalue weighted by molar-refractivity contribution is 0.669. The number of nitrogens with zero attached hydrogens (tertiary/aromatic N) is 2. The van der Waals surface area contributed by atoms with Crippen molar-refractivity contribution in [2.75, 3.05) is 4.90 Å². The summed E-state index contributed by atoms with van der Waals surface area (Å²) in [6.07, 6.45) is 1.99. The third kappa shape index (κ3) is 3.92. The van der Waals surface area contributed by atoms with Crippen molar-refractivity contribution in [3.63, 3.8) is 0 Å². The first-order valence-corrected chi connectivity index (χ1v) is 15.2. The van der Waals surface area contributed by atoms with E-state index in [4.69, 9.17) is 9.40 Å². The predicted molar refractivity (Wildman–Crippen MR) is 182 cm³/mol. The number of rotatable bonds is 4. The van der Waals surface area contributed by atoms with Crippen LogP contribution in [0.15, 0.2) is 150 Å². The second-order valence-corrected chi connectivity index (χ2v) is 11.9. The van der Waals surface area contributed by atoms with Crippen LogP contribution < -0.4 is 4.90 Å². The zero-order valence-electron chi connectivity index (χ0n) is 23.1. The normalized spacial score (nSPS) is 11.7. The van der Waals surface area contributed by atoms with E-state index in [9.17, 15) is 0 Å².